The molecule has 0 saturated carbocycles. The minimum absolute atomic E-state index is 0.100. The quantitative estimate of drug-likeness (QED) is 0.657. The van der Waals surface area contributed by atoms with E-state index in [4.69, 9.17) is 8.92 Å². The maximum absolute atomic E-state index is 13.7. The number of carbonyl (C=O) groups is 1. The average Bonchev–Trinajstić information content (AvgIpc) is 3.08. The number of nitrogens with zero attached hydrogens (tertiary/aromatic N) is 1. The number of benzene rings is 2. The zero-order valence-electron chi connectivity index (χ0n) is 15.5. The Morgan fingerprint density at radius 2 is 1.93 bits per heavy atom. The van der Waals surface area contributed by atoms with Crippen molar-refractivity contribution < 1.29 is 26.5 Å². The largest absolute Gasteiger partial charge is 0.372 e. The van der Waals surface area contributed by atoms with Crippen LogP contribution in [0.5, 0.6) is 0 Å². The first-order valence-corrected chi connectivity index (χ1v) is 10.4. The molecule has 0 radical (unpaired) electrons. The Labute approximate surface area is 164 Å². The van der Waals surface area contributed by atoms with Crippen molar-refractivity contribution in [1.29, 1.82) is 0 Å². The molecule has 2 aromatic rings. The molecule has 1 fully saturated rings. The Morgan fingerprint density at radius 1 is 1.18 bits per heavy atom. The molecule has 3 rings (SSSR count). The summed E-state index contributed by atoms with van der Waals surface area (Å²) < 4.78 is 49.3. The van der Waals surface area contributed by atoms with E-state index in [1.54, 1.807) is 11.9 Å². The van der Waals surface area contributed by atoms with E-state index in [1.807, 2.05) is 30.3 Å². The topological polar surface area (TPSA) is 72.9 Å². The maximum atomic E-state index is 13.7. The number of ether oxygens (including phenoxy) is 1. The third-order valence-corrected chi connectivity index (χ3v) is 5.97. The van der Waals surface area contributed by atoms with Crippen LogP contribution in [0.25, 0.3) is 0 Å². The van der Waals surface area contributed by atoms with Gasteiger partial charge in [0.05, 0.1) is 13.2 Å². The molecule has 1 saturated heterocycles. The first-order valence-electron chi connectivity index (χ1n) is 8.95. The zero-order valence-corrected chi connectivity index (χ0v) is 16.3. The third kappa shape index (κ3) is 4.95. The average molecular weight is 407 g/mol. The van der Waals surface area contributed by atoms with E-state index in [1.165, 1.54) is 0 Å². The van der Waals surface area contributed by atoms with Crippen molar-refractivity contribution >= 4 is 16.1 Å². The van der Waals surface area contributed by atoms with Crippen LogP contribution in [0.4, 0.5) is 4.39 Å². The predicted octanol–water partition coefficient (Wildman–Crippen LogP) is 2.87. The molecule has 8 heteroatoms. The zero-order chi connectivity index (χ0) is 20.1. The molecule has 1 unspecified atom stereocenters. The summed E-state index contributed by atoms with van der Waals surface area (Å²) in [5, 5.41) is 0. The highest BCUT2D eigenvalue weighted by molar-refractivity contribution is 7.87. The summed E-state index contributed by atoms with van der Waals surface area (Å²) in [5.41, 5.74) is 1.00. The summed E-state index contributed by atoms with van der Waals surface area (Å²) in [6.45, 7) is 0.806. The van der Waals surface area contributed by atoms with Gasteiger partial charge in [0, 0.05) is 5.56 Å². The van der Waals surface area contributed by atoms with Crippen LogP contribution in [0.15, 0.2) is 53.4 Å². The second-order valence-corrected chi connectivity index (χ2v) is 8.24. The van der Waals surface area contributed by atoms with Gasteiger partial charge < -0.3 is 8.92 Å². The van der Waals surface area contributed by atoms with E-state index in [-0.39, 0.29) is 23.7 Å². The van der Waals surface area contributed by atoms with Crippen molar-refractivity contribution in [1.82, 2.24) is 4.90 Å². The summed E-state index contributed by atoms with van der Waals surface area (Å²) in [4.78, 5) is 13.8. The molecule has 0 N–H and O–H groups in total. The fourth-order valence-corrected chi connectivity index (χ4v) is 4.27. The van der Waals surface area contributed by atoms with Crippen LogP contribution in [0.1, 0.15) is 24.0 Å². The van der Waals surface area contributed by atoms with Gasteiger partial charge in [-0.15, -0.1) is 0 Å². The highest BCUT2D eigenvalue weighted by atomic mass is 32.2. The van der Waals surface area contributed by atoms with Crippen LogP contribution in [-0.2, 0) is 37.0 Å². The van der Waals surface area contributed by atoms with Crippen LogP contribution in [0.2, 0.25) is 0 Å². The van der Waals surface area contributed by atoms with Crippen LogP contribution >= 0.6 is 0 Å². The van der Waals surface area contributed by atoms with Crippen LogP contribution in [0.3, 0.4) is 0 Å². The molecule has 1 aliphatic heterocycles. The number of carbonyl (C=O) groups excluding carboxylic acids is 1. The molecule has 1 heterocycles. The van der Waals surface area contributed by atoms with Crippen LogP contribution in [0, 0.1) is 5.82 Å². The molecule has 6 nitrogen and oxygen atoms in total. The Bertz CT molecular complexity index is 933. The van der Waals surface area contributed by atoms with Gasteiger partial charge in [0.1, 0.15) is 16.8 Å². The Morgan fingerprint density at radius 3 is 2.61 bits per heavy atom. The fraction of sp³-hybridized carbons (Fsp3) is 0.350. The number of hydrogen-bond donors (Lipinski definition) is 0. The fourth-order valence-electron chi connectivity index (χ4n) is 3.17. The van der Waals surface area contributed by atoms with Crippen molar-refractivity contribution in [2.75, 3.05) is 13.6 Å². The molecule has 150 valence electrons. The van der Waals surface area contributed by atoms with E-state index in [9.17, 15) is 17.6 Å². The Balaban J connectivity index is 1.73. The molecular formula is C20H22FNO5S. The Kier molecular flexibility index (Phi) is 6.43. The minimum atomic E-state index is -4.39. The third-order valence-electron chi connectivity index (χ3n) is 4.65. The highest BCUT2D eigenvalue weighted by Crippen LogP contribution is 2.23. The van der Waals surface area contributed by atoms with E-state index in [0.29, 0.717) is 13.0 Å². The molecule has 0 amide bonds. The van der Waals surface area contributed by atoms with Crippen molar-refractivity contribution in [2.24, 2.45) is 0 Å². The van der Waals surface area contributed by atoms with Gasteiger partial charge in [-0.3, -0.25) is 4.90 Å². The summed E-state index contributed by atoms with van der Waals surface area (Å²) in [6, 6.07) is 11.9. The number of likely N-dealkylation sites (N-methyl/N-ethyl adjacent to an activating group) is 1. The molecule has 2 aromatic carbocycles. The molecule has 0 spiro atoms. The molecule has 28 heavy (non-hydrogen) atoms. The van der Waals surface area contributed by atoms with Crippen molar-refractivity contribution in [3.05, 3.63) is 65.5 Å². The molecular weight excluding hydrogens is 385 g/mol. The van der Waals surface area contributed by atoms with Crippen molar-refractivity contribution in [2.45, 2.75) is 37.0 Å². The van der Waals surface area contributed by atoms with Gasteiger partial charge in [-0.05, 0) is 50.2 Å². The van der Waals surface area contributed by atoms with Gasteiger partial charge in [-0.2, -0.15) is 8.42 Å². The number of likely N-dealkylation sites (tertiary alicyclic amines) is 1. The summed E-state index contributed by atoms with van der Waals surface area (Å²) in [7, 11) is -2.64. The van der Waals surface area contributed by atoms with E-state index in [2.05, 4.69) is 0 Å². The highest BCUT2D eigenvalue weighted by Gasteiger charge is 2.33. The van der Waals surface area contributed by atoms with Crippen molar-refractivity contribution in [3.8, 4) is 0 Å². The molecule has 0 aliphatic carbocycles. The first kappa shape index (κ1) is 20.4. The van der Waals surface area contributed by atoms with Gasteiger partial charge in [-0.1, -0.05) is 30.3 Å². The second kappa shape index (κ2) is 8.81. The van der Waals surface area contributed by atoms with Gasteiger partial charge in [0.15, 0.2) is 0 Å². The monoisotopic (exact) mass is 407 g/mol. The lowest BCUT2D eigenvalue weighted by atomic mass is 10.2. The lowest BCUT2D eigenvalue weighted by Crippen LogP contribution is -2.35. The van der Waals surface area contributed by atoms with E-state index < -0.39 is 27.9 Å². The first-order chi connectivity index (χ1) is 13.4. The van der Waals surface area contributed by atoms with Crippen molar-refractivity contribution in [3.63, 3.8) is 0 Å². The van der Waals surface area contributed by atoms with E-state index in [0.717, 1.165) is 30.2 Å². The summed E-state index contributed by atoms with van der Waals surface area (Å²) in [6.07, 6.45) is 1.34. The number of halogens is 1. The Hall–Kier alpha value is -2.29. The molecule has 1 atom stereocenters. The second-order valence-electron chi connectivity index (χ2n) is 6.73. The van der Waals surface area contributed by atoms with Gasteiger partial charge in [0.25, 0.3) is 0 Å². The van der Waals surface area contributed by atoms with Crippen LogP contribution in [-0.4, -0.2) is 38.9 Å². The van der Waals surface area contributed by atoms with E-state index >= 15 is 0 Å². The summed E-state index contributed by atoms with van der Waals surface area (Å²) in [5.74, 6) is -1.42. The molecule has 1 aliphatic rings. The predicted molar refractivity (Wildman–Crippen MR) is 100 cm³/mol. The standard InChI is InChI=1S/C20H22FNO5S/c1-22-11-5-8-18(22)20(23)27-28(24,25)19-10-9-17(21)12-16(19)14-26-13-15-6-3-2-4-7-15/h2-4,6-7,9-10,12,18H,5,8,11,13-14H2,1H3. The van der Waals surface area contributed by atoms with Gasteiger partial charge in [0.2, 0.25) is 0 Å². The lowest BCUT2D eigenvalue weighted by Gasteiger charge is -2.18. The van der Waals surface area contributed by atoms with Crippen LogP contribution < -0.4 is 0 Å². The maximum Gasteiger partial charge on any atom is 0.342 e. The molecule has 0 bridgehead atoms. The van der Waals surface area contributed by atoms with Gasteiger partial charge in [-0.25, -0.2) is 9.18 Å². The smallest absolute Gasteiger partial charge is 0.342 e. The number of hydrogen-bond acceptors (Lipinski definition) is 6. The molecule has 0 aromatic heterocycles. The van der Waals surface area contributed by atoms with Gasteiger partial charge >= 0.3 is 16.1 Å². The lowest BCUT2D eigenvalue weighted by molar-refractivity contribution is -0.138. The number of rotatable bonds is 7. The normalized spacial score (nSPS) is 17.6. The SMILES string of the molecule is CN1CCCC1C(=O)OS(=O)(=O)c1ccc(F)cc1COCc1ccccc1. The minimum Gasteiger partial charge on any atom is -0.372 e. The summed E-state index contributed by atoms with van der Waals surface area (Å²) >= 11 is 0.